The summed E-state index contributed by atoms with van der Waals surface area (Å²) in [6, 6.07) is 12.1. The van der Waals surface area contributed by atoms with Crippen LogP contribution < -0.4 is 10.5 Å². The van der Waals surface area contributed by atoms with Gasteiger partial charge < -0.3 is 9.80 Å². The van der Waals surface area contributed by atoms with Crippen molar-refractivity contribution in [2.24, 2.45) is 0 Å². The summed E-state index contributed by atoms with van der Waals surface area (Å²) in [4.78, 5) is 36.5. The van der Waals surface area contributed by atoms with Crippen molar-refractivity contribution in [2.45, 2.75) is 13.1 Å². The maximum Gasteiger partial charge on any atom is 0.263 e. The van der Waals surface area contributed by atoms with Crippen molar-refractivity contribution in [1.82, 2.24) is 14.5 Å². The molecule has 6 nitrogen and oxygen atoms in total. The Morgan fingerprint density at radius 2 is 2.00 bits per heavy atom. The molecule has 30 heavy (non-hydrogen) atoms. The first-order valence-corrected chi connectivity index (χ1v) is 11.4. The van der Waals surface area contributed by atoms with Gasteiger partial charge >= 0.3 is 0 Å². The van der Waals surface area contributed by atoms with Gasteiger partial charge in [-0.05, 0) is 23.1 Å². The molecule has 1 aliphatic heterocycles. The molecule has 0 saturated carbocycles. The average Bonchev–Trinajstić information content (AvgIpc) is 3.39. The monoisotopic (exact) mass is 436 g/mol. The van der Waals surface area contributed by atoms with Gasteiger partial charge in [0.15, 0.2) is 0 Å². The second-order valence-electron chi connectivity index (χ2n) is 7.35. The van der Waals surface area contributed by atoms with E-state index in [2.05, 4.69) is 22.0 Å². The van der Waals surface area contributed by atoms with E-state index in [1.165, 1.54) is 22.2 Å². The zero-order chi connectivity index (χ0) is 20.7. The van der Waals surface area contributed by atoms with Crippen molar-refractivity contribution in [2.75, 3.05) is 25.0 Å². The molecule has 1 aliphatic rings. The number of likely N-dealkylation sites (N-methyl/N-ethyl adjacent to an activating group) is 1. The highest BCUT2D eigenvalue weighted by Crippen LogP contribution is 2.33. The molecule has 152 valence electrons. The number of aromatic nitrogens is 2. The molecule has 0 bridgehead atoms. The Kier molecular flexibility index (Phi) is 4.88. The van der Waals surface area contributed by atoms with E-state index in [-0.39, 0.29) is 18.0 Å². The molecule has 5 rings (SSSR count). The van der Waals surface area contributed by atoms with Gasteiger partial charge in [-0.25, -0.2) is 4.98 Å². The maximum atomic E-state index is 13.2. The minimum absolute atomic E-state index is 0.00657. The molecule has 0 N–H and O–H groups in total. The van der Waals surface area contributed by atoms with Gasteiger partial charge in [0.1, 0.15) is 11.4 Å². The summed E-state index contributed by atoms with van der Waals surface area (Å²) in [6.45, 7) is 1.91. The highest BCUT2D eigenvalue weighted by Gasteiger charge is 2.22. The fourth-order valence-corrected chi connectivity index (χ4v) is 5.57. The number of hydrogen-bond acceptors (Lipinski definition) is 6. The molecular formula is C22H20N4O2S2. The van der Waals surface area contributed by atoms with E-state index in [0.29, 0.717) is 23.3 Å². The van der Waals surface area contributed by atoms with Crippen LogP contribution in [0.4, 0.5) is 5.69 Å². The number of carbonyl (C=O) groups is 1. The number of para-hydroxylation sites is 1. The van der Waals surface area contributed by atoms with Crippen LogP contribution in [0.25, 0.3) is 20.7 Å². The van der Waals surface area contributed by atoms with E-state index in [4.69, 9.17) is 0 Å². The second kappa shape index (κ2) is 7.70. The third-order valence-corrected chi connectivity index (χ3v) is 7.26. The zero-order valence-corrected chi connectivity index (χ0v) is 18.1. The number of anilines is 1. The number of amides is 1. The Bertz CT molecular complexity index is 1280. The van der Waals surface area contributed by atoms with Crippen LogP contribution >= 0.6 is 22.7 Å². The summed E-state index contributed by atoms with van der Waals surface area (Å²) in [6.07, 6.45) is 1.50. The number of rotatable bonds is 3. The van der Waals surface area contributed by atoms with Crippen LogP contribution in [-0.2, 0) is 17.9 Å². The zero-order valence-electron chi connectivity index (χ0n) is 16.4. The van der Waals surface area contributed by atoms with Crippen LogP contribution in [-0.4, -0.2) is 40.5 Å². The van der Waals surface area contributed by atoms with Gasteiger partial charge in [-0.2, -0.15) is 0 Å². The molecule has 0 spiro atoms. The molecule has 0 aliphatic carbocycles. The largest absolute Gasteiger partial charge is 0.373 e. The van der Waals surface area contributed by atoms with Crippen LogP contribution in [0.5, 0.6) is 0 Å². The SMILES string of the molecule is CN1CCN(C(=O)Cn2cnc3scc(-c4cccs4)c3c2=O)Cc2ccccc21. The summed E-state index contributed by atoms with van der Waals surface area (Å²) < 4.78 is 1.44. The topological polar surface area (TPSA) is 58.4 Å². The molecule has 0 unspecified atom stereocenters. The quantitative estimate of drug-likeness (QED) is 0.492. The first-order chi connectivity index (χ1) is 14.6. The van der Waals surface area contributed by atoms with E-state index >= 15 is 0 Å². The average molecular weight is 437 g/mol. The number of benzene rings is 1. The standard InChI is InChI=1S/C22H20N4O2S2/c1-24-8-9-25(11-15-5-2-3-6-17(15)24)19(27)12-26-14-23-21-20(22(26)28)16(13-30-21)18-7-4-10-29-18/h2-7,10,13-14H,8-9,11-12H2,1H3. The summed E-state index contributed by atoms with van der Waals surface area (Å²) in [5, 5.41) is 4.56. The molecule has 0 fully saturated rings. The third kappa shape index (κ3) is 3.32. The number of thiophene rings is 2. The van der Waals surface area contributed by atoms with Gasteiger partial charge in [0.25, 0.3) is 5.56 Å². The summed E-state index contributed by atoms with van der Waals surface area (Å²) in [5.74, 6) is -0.0729. The van der Waals surface area contributed by atoms with Crippen molar-refractivity contribution < 1.29 is 4.79 Å². The van der Waals surface area contributed by atoms with Gasteiger partial charge in [-0.15, -0.1) is 22.7 Å². The van der Waals surface area contributed by atoms with Crippen molar-refractivity contribution in [3.05, 3.63) is 69.4 Å². The molecule has 1 amide bonds. The minimum Gasteiger partial charge on any atom is -0.373 e. The van der Waals surface area contributed by atoms with Crippen LogP contribution in [0.1, 0.15) is 5.56 Å². The molecule has 1 aromatic carbocycles. The Morgan fingerprint density at radius 1 is 1.13 bits per heavy atom. The fraction of sp³-hybridized carbons (Fsp3) is 0.227. The maximum absolute atomic E-state index is 13.2. The molecule has 0 saturated heterocycles. The first-order valence-electron chi connectivity index (χ1n) is 9.69. The number of nitrogens with zero attached hydrogens (tertiary/aromatic N) is 4. The van der Waals surface area contributed by atoms with Crippen LogP contribution in [0.2, 0.25) is 0 Å². The Hall–Kier alpha value is -2.97. The van der Waals surface area contributed by atoms with Gasteiger partial charge in [-0.1, -0.05) is 24.3 Å². The summed E-state index contributed by atoms with van der Waals surface area (Å²) in [5.41, 5.74) is 3.00. The highest BCUT2D eigenvalue weighted by atomic mass is 32.1. The van der Waals surface area contributed by atoms with E-state index in [1.807, 2.05) is 47.0 Å². The predicted molar refractivity (Wildman–Crippen MR) is 122 cm³/mol. The molecule has 0 atom stereocenters. The lowest BCUT2D eigenvalue weighted by Crippen LogP contribution is -2.38. The molecule has 4 heterocycles. The molecule has 3 aromatic heterocycles. The first kappa shape index (κ1) is 19.0. The Morgan fingerprint density at radius 3 is 2.83 bits per heavy atom. The van der Waals surface area contributed by atoms with Crippen LogP contribution in [0, 0.1) is 0 Å². The number of carbonyl (C=O) groups excluding carboxylic acids is 1. The minimum atomic E-state index is -0.162. The van der Waals surface area contributed by atoms with Crippen molar-refractivity contribution in [1.29, 1.82) is 0 Å². The van der Waals surface area contributed by atoms with E-state index in [0.717, 1.165) is 28.2 Å². The molecular weight excluding hydrogens is 416 g/mol. The number of fused-ring (bicyclic) bond motifs is 2. The van der Waals surface area contributed by atoms with Crippen molar-refractivity contribution >= 4 is 44.5 Å². The molecule has 0 radical (unpaired) electrons. The summed E-state index contributed by atoms with van der Waals surface area (Å²) in [7, 11) is 2.04. The van der Waals surface area contributed by atoms with E-state index < -0.39 is 0 Å². The van der Waals surface area contributed by atoms with E-state index in [9.17, 15) is 9.59 Å². The normalized spacial score (nSPS) is 14.0. The van der Waals surface area contributed by atoms with Gasteiger partial charge in [0.05, 0.1) is 11.7 Å². The van der Waals surface area contributed by atoms with Crippen LogP contribution in [0.15, 0.2) is 58.3 Å². The van der Waals surface area contributed by atoms with Crippen molar-refractivity contribution in [3.8, 4) is 10.4 Å². The Labute approximate surface area is 181 Å². The predicted octanol–water partition coefficient (Wildman–Crippen LogP) is 3.67. The van der Waals surface area contributed by atoms with Crippen LogP contribution in [0.3, 0.4) is 0 Å². The summed E-state index contributed by atoms with van der Waals surface area (Å²) >= 11 is 3.05. The molecule has 4 aromatic rings. The molecule has 8 heteroatoms. The lowest BCUT2D eigenvalue weighted by molar-refractivity contribution is -0.132. The number of hydrogen-bond donors (Lipinski definition) is 0. The van der Waals surface area contributed by atoms with E-state index in [1.54, 1.807) is 11.3 Å². The fourth-order valence-electron chi connectivity index (χ4n) is 3.84. The highest BCUT2D eigenvalue weighted by molar-refractivity contribution is 7.18. The Balaban J connectivity index is 1.45. The van der Waals surface area contributed by atoms with Gasteiger partial charge in [0.2, 0.25) is 5.91 Å². The van der Waals surface area contributed by atoms with Gasteiger partial charge in [-0.3, -0.25) is 14.2 Å². The third-order valence-electron chi connectivity index (χ3n) is 5.48. The lowest BCUT2D eigenvalue weighted by atomic mass is 10.1. The smallest absolute Gasteiger partial charge is 0.263 e. The van der Waals surface area contributed by atoms with Gasteiger partial charge in [0, 0.05) is 48.2 Å². The van der Waals surface area contributed by atoms with Crippen molar-refractivity contribution in [3.63, 3.8) is 0 Å². The lowest BCUT2D eigenvalue weighted by Gasteiger charge is -2.21. The second-order valence-corrected chi connectivity index (χ2v) is 9.16.